The summed E-state index contributed by atoms with van der Waals surface area (Å²) in [7, 11) is 0. The highest BCUT2D eigenvalue weighted by Crippen LogP contribution is 2.22. The molecule has 126 valence electrons. The number of aliphatic imine (C=N–C) groups is 1. The fourth-order valence-electron chi connectivity index (χ4n) is 2.27. The van der Waals surface area contributed by atoms with E-state index in [0.717, 1.165) is 51.3 Å². The smallest absolute Gasteiger partial charge is 0.191 e. The molecule has 0 amide bonds. The molecule has 1 atom stereocenters. The van der Waals surface area contributed by atoms with Crippen molar-refractivity contribution in [3.63, 3.8) is 0 Å². The van der Waals surface area contributed by atoms with E-state index < -0.39 is 0 Å². The van der Waals surface area contributed by atoms with Crippen molar-refractivity contribution in [2.75, 3.05) is 26.2 Å². The lowest BCUT2D eigenvalue weighted by Crippen LogP contribution is -2.38. The number of aliphatic hydroxyl groups excluding tert-OH is 1. The molecule has 0 fully saturated rings. The third-order valence-electron chi connectivity index (χ3n) is 3.38. The molecule has 0 aromatic carbocycles. The van der Waals surface area contributed by atoms with E-state index in [1.165, 1.54) is 8.66 Å². The van der Waals surface area contributed by atoms with Gasteiger partial charge < -0.3 is 15.7 Å². The van der Waals surface area contributed by atoms with Crippen LogP contribution in [0, 0.1) is 5.92 Å². The predicted octanol–water partition coefficient (Wildman–Crippen LogP) is 3.41. The molecule has 6 heteroatoms. The summed E-state index contributed by atoms with van der Waals surface area (Å²) in [5.41, 5.74) is 0. The SMILES string of the molecule is CCCC(CCO)CN=C(NCC)NCCc1ccc(Br)s1. The van der Waals surface area contributed by atoms with Gasteiger partial charge in [-0.15, -0.1) is 11.3 Å². The second kappa shape index (κ2) is 11.9. The van der Waals surface area contributed by atoms with Crippen molar-refractivity contribution in [1.82, 2.24) is 10.6 Å². The minimum atomic E-state index is 0.247. The maximum atomic E-state index is 9.12. The molecule has 0 spiro atoms. The Labute approximate surface area is 146 Å². The molecule has 0 saturated heterocycles. The number of nitrogens with zero attached hydrogens (tertiary/aromatic N) is 1. The molecule has 1 aromatic rings. The zero-order chi connectivity index (χ0) is 16.2. The second-order valence-electron chi connectivity index (χ2n) is 5.27. The highest BCUT2D eigenvalue weighted by atomic mass is 79.9. The minimum absolute atomic E-state index is 0.247. The number of hydrogen-bond donors (Lipinski definition) is 3. The summed E-state index contributed by atoms with van der Waals surface area (Å²) in [4.78, 5) is 6.03. The summed E-state index contributed by atoms with van der Waals surface area (Å²) in [6.07, 6.45) is 4.08. The van der Waals surface area contributed by atoms with E-state index in [9.17, 15) is 0 Å². The van der Waals surface area contributed by atoms with Crippen LogP contribution in [0.2, 0.25) is 0 Å². The lowest BCUT2D eigenvalue weighted by Gasteiger charge is -2.15. The van der Waals surface area contributed by atoms with Crippen LogP contribution in [0.15, 0.2) is 20.9 Å². The van der Waals surface area contributed by atoms with Crippen molar-refractivity contribution >= 4 is 33.2 Å². The van der Waals surface area contributed by atoms with E-state index in [1.807, 2.05) is 0 Å². The molecule has 1 heterocycles. The third kappa shape index (κ3) is 8.15. The molecular formula is C16H28BrN3OS. The van der Waals surface area contributed by atoms with E-state index in [0.29, 0.717) is 5.92 Å². The Bertz CT molecular complexity index is 431. The molecule has 0 aliphatic rings. The molecule has 0 bridgehead atoms. The zero-order valence-electron chi connectivity index (χ0n) is 13.6. The minimum Gasteiger partial charge on any atom is -0.396 e. The number of rotatable bonds is 10. The normalized spacial score (nSPS) is 13.2. The summed E-state index contributed by atoms with van der Waals surface area (Å²) < 4.78 is 1.18. The largest absolute Gasteiger partial charge is 0.396 e. The molecular weight excluding hydrogens is 362 g/mol. The Kier molecular flexibility index (Phi) is 10.5. The number of nitrogens with one attached hydrogen (secondary N) is 2. The van der Waals surface area contributed by atoms with Gasteiger partial charge >= 0.3 is 0 Å². The average Bonchev–Trinajstić information content (AvgIpc) is 2.90. The second-order valence-corrected chi connectivity index (χ2v) is 7.82. The van der Waals surface area contributed by atoms with Crippen LogP contribution in [0.3, 0.4) is 0 Å². The first-order valence-corrected chi connectivity index (χ1v) is 9.67. The Balaban J connectivity index is 2.43. The average molecular weight is 390 g/mol. The van der Waals surface area contributed by atoms with Gasteiger partial charge in [0.05, 0.1) is 3.79 Å². The van der Waals surface area contributed by atoms with Crippen LogP contribution < -0.4 is 10.6 Å². The van der Waals surface area contributed by atoms with Gasteiger partial charge in [0.25, 0.3) is 0 Å². The van der Waals surface area contributed by atoms with Crippen LogP contribution in [0.4, 0.5) is 0 Å². The van der Waals surface area contributed by atoms with Gasteiger partial charge in [0, 0.05) is 31.1 Å². The van der Waals surface area contributed by atoms with Crippen LogP contribution in [0.25, 0.3) is 0 Å². The van der Waals surface area contributed by atoms with Gasteiger partial charge in [0.15, 0.2) is 5.96 Å². The number of hydrogen-bond acceptors (Lipinski definition) is 3. The summed E-state index contributed by atoms with van der Waals surface area (Å²) in [5.74, 6) is 1.34. The zero-order valence-corrected chi connectivity index (χ0v) is 16.0. The molecule has 22 heavy (non-hydrogen) atoms. The van der Waals surface area contributed by atoms with Crippen molar-refractivity contribution in [3.05, 3.63) is 20.8 Å². The molecule has 0 radical (unpaired) electrons. The van der Waals surface area contributed by atoms with E-state index in [-0.39, 0.29) is 6.61 Å². The first-order chi connectivity index (χ1) is 10.7. The summed E-state index contributed by atoms with van der Waals surface area (Å²) in [5, 5.41) is 15.8. The first-order valence-electron chi connectivity index (χ1n) is 8.06. The Morgan fingerprint density at radius 3 is 2.73 bits per heavy atom. The van der Waals surface area contributed by atoms with Crippen molar-refractivity contribution in [2.45, 2.75) is 39.5 Å². The van der Waals surface area contributed by atoms with Gasteiger partial charge in [-0.3, -0.25) is 4.99 Å². The molecule has 1 rings (SSSR count). The molecule has 0 aliphatic heterocycles. The maximum Gasteiger partial charge on any atom is 0.191 e. The molecule has 0 saturated carbocycles. The van der Waals surface area contributed by atoms with Crippen molar-refractivity contribution in [1.29, 1.82) is 0 Å². The van der Waals surface area contributed by atoms with E-state index in [4.69, 9.17) is 5.11 Å². The van der Waals surface area contributed by atoms with Crippen LogP contribution in [-0.2, 0) is 6.42 Å². The van der Waals surface area contributed by atoms with Gasteiger partial charge in [0.1, 0.15) is 0 Å². The van der Waals surface area contributed by atoms with Crippen LogP contribution in [0.1, 0.15) is 38.0 Å². The van der Waals surface area contributed by atoms with Gasteiger partial charge in [-0.2, -0.15) is 0 Å². The standard InChI is InChI=1S/C16H28BrN3OS/c1-3-5-13(9-11-21)12-20-16(18-4-2)19-10-8-14-6-7-15(17)22-14/h6-7,13,21H,3-5,8-12H2,1-2H3,(H2,18,19,20). The molecule has 3 N–H and O–H groups in total. The summed E-state index contributed by atoms with van der Waals surface area (Å²) in [6.45, 7) is 7.00. The van der Waals surface area contributed by atoms with Gasteiger partial charge in [-0.1, -0.05) is 13.3 Å². The fraction of sp³-hybridized carbons (Fsp3) is 0.688. The lowest BCUT2D eigenvalue weighted by atomic mass is 10.0. The topological polar surface area (TPSA) is 56.7 Å². The molecule has 1 aromatic heterocycles. The lowest BCUT2D eigenvalue weighted by molar-refractivity contribution is 0.253. The van der Waals surface area contributed by atoms with Gasteiger partial charge in [-0.25, -0.2) is 0 Å². The predicted molar refractivity (Wildman–Crippen MR) is 99.8 cm³/mol. The van der Waals surface area contributed by atoms with E-state index in [1.54, 1.807) is 11.3 Å². The van der Waals surface area contributed by atoms with E-state index >= 15 is 0 Å². The summed E-state index contributed by atoms with van der Waals surface area (Å²) >= 11 is 5.26. The van der Waals surface area contributed by atoms with Gasteiger partial charge in [-0.05, 0) is 60.2 Å². The molecule has 1 unspecified atom stereocenters. The van der Waals surface area contributed by atoms with E-state index in [2.05, 4.69) is 57.5 Å². The number of thiophene rings is 1. The monoisotopic (exact) mass is 389 g/mol. The molecule has 0 aliphatic carbocycles. The first kappa shape index (κ1) is 19.5. The van der Waals surface area contributed by atoms with Gasteiger partial charge in [0.2, 0.25) is 0 Å². The van der Waals surface area contributed by atoms with Crippen molar-refractivity contribution in [2.24, 2.45) is 10.9 Å². The van der Waals surface area contributed by atoms with Crippen LogP contribution in [0.5, 0.6) is 0 Å². The number of aliphatic hydroxyl groups is 1. The van der Waals surface area contributed by atoms with Crippen molar-refractivity contribution < 1.29 is 5.11 Å². The number of guanidine groups is 1. The van der Waals surface area contributed by atoms with Crippen molar-refractivity contribution in [3.8, 4) is 0 Å². The Morgan fingerprint density at radius 1 is 1.32 bits per heavy atom. The molecule has 4 nitrogen and oxygen atoms in total. The fourth-order valence-corrected chi connectivity index (χ4v) is 3.75. The third-order valence-corrected chi connectivity index (χ3v) is 5.06. The van der Waals surface area contributed by atoms with Crippen LogP contribution in [-0.4, -0.2) is 37.3 Å². The number of halogens is 1. The maximum absolute atomic E-state index is 9.12. The quantitative estimate of drug-likeness (QED) is 0.424. The highest BCUT2D eigenvalue weighted by Gasteiger charge is 2.07. The Hall–Kier alpha value is -0.590. The van der Waals surface area contributed by atoms with Crippen LogP contribution >= 0.6 is 27.3 Å². The summed E-state index contributed by atoms with van der Waals surface area (Å²) in [6, 6.07) is 4.24. The highest BCUT2D eigenvalue weighted by molar-refractivity contribution is 9.11. The Morgan fingerprint density at radius 2 is 2.14 bits per heavy atom.